The van der Waals surface area contributed by atoms with Crippen LogP contribution in [0.1, 0.15) is 24.1 Å². The van der Waals surface area contributed by atoms with Crippen molar-refractivity contribution >= 4 is 21.6 Å². The largest absolute Gasteiger partial charge is 0.476 e. The number of carbonyl (C=O) groups is 1. The number of aryl methyl sites for hydroxylation is 1. The molecule has 0 aromatic heterocycles. The lowest BCUT2D eigenvalue weighted by Gasteiger charge is -2.34. The van der Waals surface area contributed by atoms with Crippen molar-refractivity contribution in [3.8, 4) is 5.75 Å². The molecule has 2 atom stereocenters. The topological polar surface area (TPSA) is 75.7 Å². The lowest BCUT2D eigenvalue weighted by molar-refractivity contribution is -0.128. The molecule has 6 nitrogen and oxygen atoms in total. The van der Waals surface area contributed by atoms with Crippen molar-refractivity contribution < 1.29 is 22.3 Å². The molecular formula is C19H21FN2O4S. The number of benzene rings is 2. The fourth-order valence-electron chi connectivity index (χ4n) is 2.95. The van der Waals surface area contributed by atoms with Crippen LogP contribution in [0.3, 0.4) is 0 Å². The van der Waals surface area contributed by atoms with Gasteiger partial charge in [-0.05, 0) is 49.2 Å². The fraction of sp³-hybridized carbons (Fsp3) is 0.316. The Kier molecular flexibility index (Phi) is 5.10. The molecule has 0 radical (unpaired) electrons. The molecule has 2 aromatic rings. The van der Waals surface area contributed by atoms with E-state index in [2.05, 4.69) is 5.32 Å². The van der Waals surface area contributed by atoms with Crippen molar-refractivity contribution in [3.05, 3.63) is 59.4 Å². The third kappa shape index (κ3) is 4.21. The molecular weight excluding hydrogens is 371 g/mol. The molecule has 3 rings (SSSR count). The molecule has 1 aliphatic rings. The molecule has 1 aliphatic heterocycles. The minimum atomic E-state index is -3.58. The highest BCUT2D eigenvalue weighted by Gasteiger charge is 2.35. The lowest BCUT2D eigenvalue weighted by Crippen LogP contribution is -2.50. The van der Waals surface area contributed by atoms with Crippen molar-refractivity contribution in [1.29, 1.82) is 0 Å². The Morgan fingerprint density at radius 1 is 1.26 bits per heavy atom. The van der Waals surface area contributed by atoms with Crippen molar-refractivity contribution in [3.63, 3.8) is 0 Å². The molecule has 27 heavy (non-hydrogen) atoms. The second-order valence-electron chi connectivity index (χ2n) is 6.65. The molecule has 2 aromatic carbocycles. The first-order valence-electron chi connectivity index (χ1n) is 8.46. The summed E-state index contributed by atoms with van der Waals surface area (Å²) in [5.74, 6) is -0.456. The quantitative estimate of drug-likeness (QED) is 0.868. The van der Waals surface area contributed by atoms with Gasteiger partial charge in [0, 0.05) is 0 Å². The first-order chi connectivity index (χ1) is 12.6. The summed E-state index contributed by atoms with van der Waals surface area (Å²) < 4.78 is 44.4. The van der Waals surface area contributed by atoms with Crippen molar-refractivity contribution in [2.75, 3.05) is 17.1 Å². The summed E-state index contributed by atoms with van der Waals surface area (Å²) in [6.45, 7) is 3.50. The van der Waals surface area contributed by atoms with Crippen LogP contribution in [0, 0.1) is 12.7 Å². The summed E-state index contributed by atoms with van der Waals surface area (Å²) in [7, 11) is -3.58. The van der Waals surface area contributed by atoms with Crippen LogP contribution in [-0.4, -0.2) is 33.2 Å². The van der Waals surface area contributed by atoms with Gasteiger partial charge in [-0.2, -0.15) is 0 Å². The Bertz CT molecular complexity index is 960. The number of amides is 1. The fourth-order valence-corrected chi connectivity index (χ4v) is 3.86. The predicted molar refractivity (Wildman–Crippen MR) is 101 cm³/mol. The van der Waals surface area contributed by atoms with Crippen molar-refractivity contribution in [2.24, 2.45) is 0 Å². The van der Waals surface area contributed by atoms with E-state index in [0.717, 1.165) is 17.4 Å². The van der Waals surface area contributed by atoms with Crippen molar-refractivity contribution in [1.82, 2.24) is 5.32 Å². The molecule has 0 spiro atoms. The zero-order valence-electron chi connectivity index (χ0n) is 15.3. The van der Waals surface area contributed by atoms with Gasteiger partial charge in [-0.3, -0.25) is 9.10 Å². The Morgan fingerprint density at radius 2 is 1.93 bits per heavy atom. The number of sulfonamides is 1. The van der Waals surface area contributed by atoms with Gasteiger partial charge in [0.1, 0.15) is 11.6 Å². The highest BCUT2D eigenvalue weighted by molar-refractivity contribution is 7.92. The average molecular weight is 392 g/mol. The Hall–Kier alpha value is -2.61. The van der Waals surface area contributed by atoms with Crippen LogP contribution in [0.2, 0.25) is 0 Å². The monoisotopic (exact) mass is 392 g/mol. The summed E-state index contributed by atoms with van der Waals surface area (Å²) in [5, 5.41) is 2.79. The molecule has 0 saturated carbocycles. The molecule has 144 valence electrons. The molecule has 8 heteroatoms. The Labute approximate surface area is 158 Å². The van der Waals surface area contributed by atoms with E-state index in [1.54, 1.807) is 37.3 Å². The number of nitrogens with one attached hydrogen (secondary N) is 1. The Morgan fingerprint density at radius 3 is 2.56 bits per heavy atom. The minimum absolute atomic E-state index is 0.114. The van der Waals surface area contributed by atoms with Crippen LogP contribution in [0.5, 0.6) is 5.75 Å². The third-order valence-electron chi connectivity index (χ3n) is 4.41. The normalized spacial score (nSPS) is 17.6. The molecule has 1 heterocycles. The summed E-state index contributed by atoms with van der Waals surface area (Å²) in [6, 6.07) is 10.6. The molecule has 0 bridgehead atoms. The van der Waals surface area contributed by atoms with Gasteiger partial charge in [0.05, 0.1) is 24.5 Å². The highest BCUT2D eigenvalue weighted by Crippen LogP contribution is 2.35. The highest BCUT2D eigenvalue weighted by atomic mass is 32.2. The number of rotatable bonds is 4. The average Bonchev–Trinajstić information content (AvgIpc) is 2.60. The number of halogens is 1. The van der Waals surface area contributed by atoms with Crippen LogP contribution in [0.4, 0.5) is 10.1 Å². The number of carbonyl (C=O) groups excluding carboxylic acids is 1. The van der Waals surface area contributed by atoms with Crippen LogP contribution < -0.4 is 14.4 Å². The van der Waals surface area contributed by atoms with Gasteiger partial charge in [0.25, 0.3) is 5.91 Å². The molecule has 1 amide bonds. The summed E-state index contributed by atoms with van der Waals surface area (Å²) in [6.07, 6.45) is 0.110. The maximum Gasteiger partial charge on any atom is 0.263 e. The standard InChI is InChI=1S/C19H21FN2O4S/c1-12-4-9-17-16(10-12)22(27(3,24)25)11-18(26-17)19(23)21-13(2)14-5-7-15(20)8-6-14/h4-10,13,18H,11H2,1-3H3,(H,21,23)/t13-,18+/m0/s1. The summed E-state index contributed by atoms with van der Waals surface area (Å²) in [5.41, 5.74) is 2.04. The van der Waals surface area contributed by atoms with E-state index in [9.17, 15) is 17.6 Å². The third-order valence-corrected chi connectivity index (χ3v) is 5.55. The van der Waals surface area contributed by atoms with Crippen LogP contribution in [0.25, 0.3) is 0 Å². The van der Waals surface area contributed by atoms with Crippen LogP contribution >= 0.6 is 0 Å². The first kappa shape index (κ1) is 19.2. The predicted octanol–water partition coefficient (Wildman–Crippen LogP) is 2.54. The molecule has 0 fully saturated rings. The van der Waals surface area contributed by atoms with E-state index in [0.29, 0.717) is 11.4 Å². The maximum atomic E-state index is 13.1. The second kappa shape index (κ2) is 7.19. The zero-order valence-corrected chi connectivity index (χ0v) is 16.1. The first-order valence-corrected chi connectivity index (χ1v) is 10.3. The van der Waals surface area contributed by atoms with E-state index >= 15 is 0 Å². The number of hydrogen-bond acceptors (Lipinski definition) is 4. The molecule has 0 saturated heterocycles. The summed E-state index contributed by atoms with van der Waals surface area (Å²) >= 11 is 0. The van der Waals surface area contributed by atoms with E-state index < -0.39 is 22.0 Å². The van der Waals surface area contributed by atoms with E-state index in [1.807, 2.05) is 6.92 Å². The zero-order chi connectivity index (χ0) is 19.8. The number of nitrogens with zero attached hydrogens (tertiary/aromatic N) is 1. The number of hydrogen-bond donors (Lipinski definition) is 1. The maximum absolute atomic E-state index is 13.1. The molecule has 0 unspecified atom stereocenters. The number of ether oxygens (including phenoxy) is 1. The van der Waals surface area contributed by atoms with E-state index in [-0.39, 0.29) is 18.4 Å². The Balaban J connectivity index is 1.81. The second-order valence-corrected chi connectivity index (χ2v) is 8.56. The van der Waals surface area contributed by atoms with Crippen molar-refractivity contribution in [2.45, 2.75) is 26.0 Å². The van der Waals surface area contributed by atoms with Gasteiger partial charge in [-0.1, -0.05) is 18.2 Å². The molecule has 1 N–H and O–H groups in total. The SMILES string of the molecule is Cc1ccc2c(c1)N(S(C)(=O)=O)C[C@H](C(=O)N[C@@H](C)c1ccc(F)cc1)O2. The number of fused-ring (bicyclic) bond motifs is 1. The van der Waals surface area contributed by atoms with Crippen LogP contribution in [-0.2, 0) is 14.8 Å². The van der Waals surface area contributed by atoms with E-state index in [4.69, 9.17) is 4.74 Å². The summed E-state index contributed by atoms with van der Waals surface area (Å²) in [4.78, 5) is 12.7. The van der Waals surface area contributed by atoms with Gasteiger partial charge in [0.2, 0.25) is 10.0 Å². The van der Waals surface area contributed by atoms with Gasteiger partial charge < -0.3 is 10.1 Å². The van der Waals surface area contributed by atoms with Gasteiger partial charge in [-0.25, -0.2) is 12.8 Å². The molecule has 0 aliphatic carbocycles. The van der Waals surface area contributed by atoms with Gasteiger partial charge >= 0.3 is 0 Å². The lowest BCUT2D eigenvalue weighted by atomic mass is 10.1. The van der Waals surface area contributed by atoms with Gasteiger partial charge in [0.15, 0.2) is 6.10 Å². The van der Waals surface area contributed by atoms with E-state index in [1.165, 1.54) is 16.4 Å². The smallest absolute Gasteiger partial charge is 0.263 e. The minimum Gasteiger partial charge on any atom is -0.476 e. The van der Waals surface area contributed by atoms with Gasteiger partial charge in [-0.15, -0.1) is 0 Å². The number of anilines is 1. The van der Waals surface area contributed by atoms with Crippen LogP contribution in [0.15, 0.2) is 42.5 Å².